The highest BCUT2D eigenvalue weighted by Gasteiger charge is 2.42. The second kappa shape index (κ2) is 6.76. The summed E-state index contributed by atoms with van der Waals surface area (Å²) in [5, 5.41) is 0.960. The third-order valence-corrected chi connectivity index (χ3v) is 5.50. The predicted octanol–water partition coefficient (Wildman–Crippen LogP) is 5.79. The Labute approximate surface area is 158 Å². The van der Waals surface area contributed by atoms with Crippen LogP contribution in [0.15, 0.2) is 54.7 Å². The first-order chi connectivity index (χ1) is 13.0. The summed E-state index contributed by atoms with van der Waals surface area (Å²) in [6.45, 7) is 4.16. The molecule has 0 aliphatic carbocycles. The van der Waals surface area contributed by atoms with E-state index in [2.05, 4.69) is 11.9 Å². The third-order valence-electron chi connectivity index (χ3n) is 5.50. The molecule has 3 nitrogen and oxygen atoms in total. The Balaban J connectivity index is 1.87. The van der Waals surface area contributed by atoms with E-state index in [-0.39, 0.29) is 11.7 Å². The Kier molecular flexibility index (Phi) is 4.42. The number of nitrogens with zero attached hydrogens (tertiary/aromatic N) is 2. The summed E-state index contributed by atoms with van der Waals surface area (Å²) in [5.74, 6) is -0.316. The van der Waals surface area contributed by atoms with E-state index >= 15 is 0 Å². The van der Waals surface area contributed by atoms with Crippen molar-refractivity contribution >= 4 is 28.2 Å². The van der Waals surface area contributed by atoms with Crippen molar-refractivity contribution in [3.8, 4) is 0 Å². The molecule has 4 heteroatoms. The molecule has 0 saturated carbocycles. The predicted molar refractivity (Wildman–Crippen MR) is 107 cm³/mol. The molecule has 3 aromatic rings. The molecule has 0 radical (unpaired) electrons. The minimum absolute atomic E-state index is 0.0196. The molecule has 2 heterocycles. The van der Waals surface area contributed by atoms with Crippen LogP contribution in [0.5, 0.6) is 0 Å². The van der Waals surface area contributed by atoms with Gasteiger partial charge in [0.05, 0.1) is 28.5 Å². The fourth-order valence-corrected chi connectivity index (χ4v) is 3.97. The van der Waals surface area contributed by atoms with Crippen molar-refractivity contribution in [3.05, 3.63) is 66.1 Å². The highest BCUT2D eigenvalue weighted by molar-refractivity contribution is 6.07. The van der Waals surface area contributed by atoms with Gasteiger partial charge in [0.2, 0.25) is 5.91 Å². The number of hydrogen-bond acceptors (Lipinski definition) is 2. The van der Waals surface area contributed by atoms with E-state index in [1.54, 1.807) is 11.1 Å². The molecule has 1 atom stereocenters. The molecule has 0 N–H and O–H groups in total. The quantitative estimate of drug-likeness (QED) is 0.588. The number of aromatic nitrogens is 1. The molecule has 1 aliphatic rings. The summed E-state index contributed by atoms with van der Waals surface area (Å²) >= 11 is 0. The molecular weight excluding hydrogens is 339 g/mol. The minimum Gasteiger partial charge on any atom is -0.279 e. The number of fused-ring (bicyclic) bond motifs is 2. The Morgan fingerprint density at radius 1 is 1.19 bits per heavy atom. The molecule has 4 rings (SSSR count). The van der Waals surface area contributed by atoms with Gasteiger partial charge in [0, 0.05) is 5.39 Å². The van der Waals surface area contributed by atoms with Crippen LogP contribution in [0.2, 0.25) is 0 Å². The number of amides is 1. The zero-order valence-corrected chi connectivity index (χ0v) is 15.7. The molecule has 138 valence electrons. The topological polar surface area (TPSA) is 33.2 Å². The highest BCUT2D eigenvalue weighted by Crippen LogP contribution is 2.44. The maximum atomic E-state index is 14.0. The van der Waals surface area contributed by atoms with E-state index in [9.17, 15) is 9.18 Å². The Bertz CT molecular complexity index is 1020. The third kappa shape index (κ3) is 3.09. The van der Waals surface area contributed by atoms with Gasteiger partial charge in [-0.15, -0.1) is 0 Å². The zero-order valence-electron chi connectivity index (χ0n) is 15.7. The number of anilines is 2. The molecule has 1 unspecified atom stereocenters. The lowest BCUT2D eigenvalue weighted by molar-refractivity contribution is -0.127. The van der Waals surface area contributed by atoms with Gasteiger partial charge in [-0.25, -0.2) is 4.39 Å². The lowest BCUT2D eigenvalue weighted by Crippen LogP contribution is -2.45. The summed E-state index contributed by atoms with van der Waals surface area (Å²) < 4.78 is 14.0. The molecule has 2 aromatic carbocycles. The van der Waals surface area contributed by atoms with Gasteiger partial charge in [-0.05, 0) is 42.7 Å². The van der Waals surface area contributed by atoms with Crippen LogP contribution in [0.1, 0.15) is 38.7 Å². The smallest absolute Gasteiger partial charge is 0.237 e. The van der Waals surface area contributed by atoms with E-state index in [1.165, 1.54) is 12.1 Å². The van der Waals surface area contributed by atoms with Gasteiger partial charge < -0.3 is 0 Å². The van der Waals surface area contributed by atoms with Gasteiger partial charge in [-0.1, -0.05) is 51.0 Å². The number of para-hydroxylation sites is 1. The Hall–Kier alpha value is -2.75. The van der Waals surface area contributed by atoms with Crippen LogP contribution >= 0.6 is 0 Å². The molecule has 1 amide bonds. The molecule has 1 aromatic heterocycles. The van der Waals surface area contributed by atoms with E-state index in [4.69, 9.17) is 0 Å². The average Bonchev–Trinajstić information content (AvgIpc) is 2.68. The first-order valence-electron chi connectivity index (χ1n) is 9.49. The highest BCUT2D eigenvalue weighted by atomic mass is 19.1. The SMILES string of the molecule is CCCCC1(C)Cc2ccc(F)cc2N(c2cnc3ccccc3c2)C1=O. The molecule has 0 spiro atoms. The largest absolute Gasteiger partial charge is 0.279 e. The first-order valence-corrected chi connectivity index (χ1v) is 9.49. The number of carbonyl (C=O) groups excluding carboxylic acids is 1. The van der Waals surface area contributed by atoms with E-state index < -0.39 is 5.41 Å². The van der Waals surface area contributed by atoms with Crippen LogP contribution < -0.4 is 4.90 Å². The van der Waals surface area contributed by atoms with E-state index in [0.29, 0.717) is 17.8 Å². The summed E-state index contributed by atoms with van der Waals surface area (Å²) in [6.07, 6.45) is 5.19. The van der Waals surface area contributed by atoms with Crippen LogP contribution in [0.3, 0.4) is 0 Å². The van der Waals surface area contributed by atoms with Crippen molar-refractivity contribution in [1.82, 2.24) is 4.98 Å². The summed E-state index contributed by atoms with van der Waals surface area (Å²) in [7, 11) is 0. The molecular formula is C23H23FN2O. The van der Waals surface area contributed by atoms with Crippen LogP contribution in [-0.2, 0) is 11.2 Å². The molecule has 1 aliphatic heterocycles. The van der Waals surface area contributed by atoms with E-state index in [0.717, 1.165) is 35.7 Å². The number of halogens is 1. The van der Waals surface area contributed by atoms with Gasteiger partial charge >= 0.3 is 0 Å². The second-order valence-corrected chi connectivity index (χ2v) is 7.64. The first kappa shape index (κ1) is 17.7. The number of unbranched alkanes of at least 4 members (excludes halogenated alkanes) is 1. The van der Waals surface area contributed by atoms with E-state index in [1.807, 2.05) is 43.3 Å². The van der Waals surface area contributed by atoms with Crippen molar-refractivity contribution in [2.45, 2.75) is 39.5 Å². The summed E-state index contributed by atoms with van der Waals surface area (Å²) in [5.41, 5.74) is 2.70. The molecule has 27 heavy (non-hydrogen) atoms. The lowest BCUT2D eigenvalue weighted by Gasteiger charge is -2.40. The number of carbonyl (C=O) groups is 1. The fourth-order valence-electron chi connectivity index (χ4n) is 3.97. The van der Waals surface area contributed by atoms with Gasteiger partial charge in [-0.2, -0.15) is 0 Å². The van der Waals surface area contributed by atoms with Crippen molar-refractivity contribution in [1.29, 1.82) is 0 Å². The fraction of sp³-hybridized carbons (Fsp3) is 0.304. The summed E-state index contributed by atoms with van der Waals surface area (Å²) in [4.78, 5) is 19.7. The molecule has 0 fully saturated rings. The van der Waals surface area contributed by atoms with Crippen LogP contribution in [0.25, 0.3) is 10.9 Å². The molecule has 0 bridgehead atoms. The molecule has 0 saturated heterocycles. The number of pyridine rings is 1. The van der Waals surface area contributed by atoms with Gasteiger partial charge in [0.25, 0.3) is 0 Å². The van der Waals surface area contributed by atoms with Crippen LogP contribution in [0, 0.1) is 11.2 Å². The van der Waals surface area contributed by atoms with Crippen molar-refractivity contribution < 1.29 is 9.18 Å². The van der Waals surface area contributed by atoms with Crippen molar-refractivity contribution in [2.75, 3.05) is 4.90 Å². The van der Waals surface area contributed by atoms with Crippen molar-refractivity contribution in [3.63, 3.8) is 0 Å². The van der Waals surface area contributed by atoms with Gasteiger partial charge in [-0.3, -0.25) is 14.7 Å². The Morgan fingerprint density at radius 3 is 2.81 bits per heavy atom. The number of rotatable bonds is 4. The van der Waals surface area contributed by atoms with Crippen molar-refractivity contribution in [2.24, 2.45) is 5.41 Å². The normalized spacial score (nSPS) is 19.4. The summed E-state index contributed by atoms with van der Waals surface area (Å²) in [6, 6.07) is 14.5. The average molecular weight is 362 g/mol. The standard InChI is InChI=1S/C23H23FN2O/c1-3-4-11-23(2)14-17-9-10-18(24)13-21(17)26(22(23)27)19-12-16-7-5-6-8-20(16)25-15-19/h5-10,12-13,15H,3-4,11,14H2,1-2H3. The van der Waals surface area contributed by atoms with Gasteiger partial charge in [0.15, 0.2) is 0 Å². The van der Waals surface area contributed by atoms with Gasteiger partial charge in [0.1, 0.15) is 5.82 Å². The van der Waals surface area contributed by atoms with Crippen LogP contribution in [-0.4, -0.2) is 10.9 Å². The number of benzene rings is 2. The monoisotopic (exact) mass is 362 g/mol. The number of hydrogen-bond donors (Lipinski definition) is 0. The second-order valence-electron chi connectivity index (χ2n) is 7.64. The lowest BCUT2D eigenvalue weighted by atomic mass is 9.74. The Morgan fingerprint density at radius 2 is 2.00 bits per heavy atom. The van der Waals surface area contributed by atoms with Crippen LogP contribution in [0.4, 0.5) is 15.8 Å². The zero-order chi connectivity index (χ0) is 19.0. The maximum absolute atomic E-state index is 14.0. The minimum atomic E-state index is -0.494. The maximum Gasteiger partial charge on any atom is 0.237 e.